The van der Waals surface area contributed by atoms with Crippen LogP contribution in [0.5, 0.6) is 11.5 Å². The van der Waals surface area contributed by atoms with Gasteiger partial charge in [0.25, 0.3) is 0 Å². The first-order chi connectivity index (χ1) is 13.7. The Morgan fingerprint density at radius 1 is 1.18 bits per heavy atom. The number of rotatable bonds is 6. The molecule has 146 valence electrons. The lowest BCUT2D eigenvalue weighted by Crippen LogP contribution is -2.22. The van der Waals surface area contributed by atoms with E-state index in [0.29, 0.717) is 42.7 Å². The Kier molecular flexibility index (Phi) is 5.72. The third-order valence-electron chi connectivity index (χ3n) is 4.88. The number of hydrogen-bond acceptors (Lipinski definition) is 3. The zero-order valence-corrected chi connectivity index (χ0v) is 16.3. The summed E-state index contributed by atoms with van der Waals surface area (Å²) in [5, 5.41) is 4.71. The minimum absolute atomic E-state index is 0.0306. The molecule has 0 radical (unpaired) electrons. The van der Waals surface area contributed by atoms with Crippen LogP contribution < -0.4 is 14.8 Å². The van der Waals surface area contributed by atoms with E-state index in [2.05, 4.69) is 22.4 Å². The second kappa shape index (κ2) is 8.57. The number of halogens is 1. The van der Waals surface area contributed by atoms with Gasteiger partial charge in [0, 0.05) is 36.5 Å². The molecule has 1 aliphatic rings. The number of fused-ring (bicyclic) bond motifs is 2. The van der Waals surface area contributed by atoms with Crippen molar-refractivity contribution in [1.29, 1.82) is 0 Å². The zero-order valence-electron chi connectivity index (χ0n) is 15.6. The molecule has 0 saturated carbocycles. The average Bonchev–Trinajstić information content (AvgIpc) is 2.95. The van der Waals surface area contributed by atoms with Crippen LogP contribution in [-0.4, -0.2) is 24.1 Å². The van der Waals surface area contributed by atoms with Gasteiger partial charge in [-0.15, -0.1) is 0 Å². The monoisotopic (exact) mass is 398 g/mol. The van der Waals surface area contributed by atoms with Crippen molar-refractivity contribution in [2.45, 2.75) is 32.2 Å². The van der Waals surface area contributed by atoms with Gasteiger partial charge in [-0.25, -0.2) is 0 Å². The molecule has 1 amide bonds. The second-order valence-corrected chi connectivity index (χ2v) is 7.35. The first-order valence-electron chi connectivity index (χ1n) is 9.60. The summed E-state index contributed by atoms with van der Waals surface area (Å²) < 4.78 is 11.3. The van der Waals surface area contributed by atoms with E-state index in [1.807, 2.05) is 30.5 Å². The van der Waals surface area contributed by atoms with Crippen molar-refractivity contribution in [2.75, 3.05) is 13.2 Å². The van der Waals surface area contributed by atoms with E-state index < -0.39 is 0 Å². The molecule has 1 aromatic heterocycles. The number of para-hydroxylation sites is 1. The Bertz CT molecular complexity index is 983. The van der Waals surface area contributed by atoms with Gasteiger partial charge in [-0.2, -0.15) is 0 Å². The maximum atomic E-state index is 12.2. The molecule has 5 nitrogen and oxygen atoms in total. The van der Waals surface area contributed by atoms with Crippen LogP contribution in [-0.2, 0) is 17.8 Å². The minimum Gasteiger partial charge on any atom is -0.489 e. The molecule has 0 aliphatic carbocycles. The number of nitrogens with one attached hydrogen (secondary N) is 2. The first kappa shape index (κ1) is 18.7. The highest BCUT2D eigenvalue weighted by molar-refractivity contribution is 6.32. The number of ether oxygens (including phenoxy) is 2. The molecule has 0 fully saturated rings. The largest absolute Gasteiger partial charge is 0.489 e. The average molecular weight is 399 g/mol. The van der Waals surface area contributed by atoms with Crippen LogP contribution in [0.15, 0.2) is 42.6 Å². The molecule has 1 aliphatic heterocycles. The number of carbonyl (C=O) groups is 1. The molecule has 0 saturated heterocycles. The van der Waals surface area contributed by atoms with Gasteiger partial charge in [-0.3, -0.25) is 4.79 Å². The summed E-state index contributed by atoms with van der Waals surface area (Å²) in [5.74, 6) is 1.27. The third kappa shape index (κ3) is 4.25. The lowest BCUT2D eigenvalue weighted by atomic mass is 10.1. The second-order valence-electron chi connectivity index (χ2n) is 6.95. The highest BCUT2D eigenvalue weighted by Crippen LogP contribution is 2.37. The van der Waals surface area contributed by atoms with E-state index in [-0.39, 0.29) is 5.91 Å². The van der Waals surface area contributed by atoms with Crippen molar-refractivity contribution >= 4 is 28.4 Å². The van der Waals surface area contributed by atoms with Gasteiger partial charge in [0.05, 0.1) is 18.2 Å². The van der Waals surface area contributed by atoms with Crippen LogP contribution in [0.25, 0.3) is 10.9 Å². The number of amides is 1. The Morgan fingerprint density at radius 2 is 2.04 bits per heavy atom. The summed E-state index contributed by atoms with van der Waals surface area (Å²) in [6, 6.07) is 11.9. The summed E-state index contributed by atoms with van der Waals surface area (Å²) in [4.78, 5) is 15.5. The van der Waals surface area contributed by atoms with E-state index in [4.69, 9.17) is 21.1 Å². The van der Waals surface area contributed by atoms with Gasteiger partial charge in [0.2, 0.25) is 5.91 Å². The standard InChI is InChI=1S/C22H23ClN2O3/c23-18-11-15(12-20-22(18)28-10-4-9-27-20)13-25-21(26)8-3-5-16-14-24-19-7-2-1-6-17(16)19/h1-2,6-7,11-12,14,24H,3-5,8-10,13H2,(H,25,26). The summed E-state index contributed by atoms with van der Waals surface area (Å²) in [5.41, 5.74) is 3.28. The molecule has 0 atom stereocenters. The van der Waals surface area contributed by atoms with Crippen LogP contribution >= 0.6 is 11.6 Å². The molecule has 0 bridgehead atoms. The molecular weight excluding hydrogens is 376 g/mol. The predicted octanol–water partition coefficient (Wildman–Crippen LogP) is 4.62. The fraction of sp³-hybridized carbons (Fsp3) is 0.318. The molecule has 2 aromatic carbocycles. The smallest absolute Gasteiger partial charge is 0.220 e. The summed E-state index contributed by atoms with van der Waals surface area (Å²) in [6.45, 7) is 1.62. The van der Waals surface area contributed by atoms with Crippen LogP contribution in [0.2, 0.25) is 5.02 Å². The Balaban J connectivity index is 1.29. The molecule has 28 heavy (non-hydrogen) atoms. The highest BCUT2D eigenvalue weighted by atomic mass is 35.5. The first-order valence-corrected chi connectivity index (χ1v) is 9.98. The molecule has 3 aromatic rings. The predicted molar refractivity (Wildman–Crippen MR) is 110 cm³/mol. The van der Waals surface area contributed by atoms with E-state index in [9.17, 15) is 4.79 Å². The number of H-pyrrole nitrogens is 1. The van der Waals surface area contributed by atoms with Gasteiger partial charge in [-0.05, 0) is 42.2 Å². The Hall–Kier alpha value is -2.66. The molecule has 2 heterocycles. The number of aromatic amines is 1. The fourth-order valence-electron chi connectivity index (χ4n) is 3.45. The lowest BCUT2D eigenvalue weighted by Gasteiger charge is -2.12. The van der Waals surface area contributed by atoms with Crippen molar-refractivity contribution < 1.29 is 14.3 Å². The molecule has 6 heteroatoms. The van der Waals surface area contributed by atoms with Gasteiger partial charge < -0.3 is 19.8 Å². The van der Waals surface area contributed by atoms with Crippen molar-refractivity contribution in [3.8, 4) is 11.5 Å². The fourth-order valence-corrected chi connectivity index (χ4v) is 3.74. The molecule has 0 spiro atoms. The van der Waals surface area contributed by atoms with Gasteiger partial charge in [0.15, 0.2) is 11.5 Å². The van der Waals surface area contributed by atoms with E-state index >= 15 is 0 Å². The molecular formula is C22H23ClN2O3. The topological polar surface area (TPSA) is 63.4 Å². The van der Waals surface area contributed by atoms with Gasteiger partial charge >= 0.3 is 0 Å². The van der Waals surface area contributed by atoms with Crippen LogP contribution in [0.4, 0.5) is 0 Å². The summed E-state index contributed by atoms with van der Waals surface area (Å²) in [6.07, 6.45) is 5.01. The van der Waals surface area contributed by atoms with E-state index in [0.717, 1.165) is 30.3 Å². The molecule has 0 unspecified atom stereocenters. The SMILES string of the molecule is O=C(CCCc1c[nH]c2ccccc12)NCc1cc(Cl)c2c(c1)OCCCO2. The van der Waals surface area contributed by atoms with Crippen molar-refractivity contribution in [2.24, 2.45) is 0 Å². The number of hydrogen-bond donors (Lipinski definition) is 2. The summed E-state index contributed by atoms with van der Waals surface area (Å²) >= 11 is 6.30. The Labute approximate surface area is 169 Å². The normalized spacial score (nSPS) is 13.3. The quantitative estimate of drug-likeness (QED) is 0.636. The van der Waals surface area contributed by atoms with Crippen LogP contribution in [0.3, 0.4) is 0 Å². The maximum Gasteiger partial charge on any atom is 0.220 e. The maximum absolute atomic E-state index is 12.2. The minimum atomic E-state index is 0.0306. The van der Waals surface area contributed by atoms with Gasteiger partial charge in [0.1, 0.15) is 0 Å². The third-order valence-corrected chi connectivity index (χ3v) is 5.16. The number of aryl methyl sites for hydroxylation is 1. The zero-order chi connectivity index (χ0) is 19.3. The number of benzene rings is 2. The van der Waals surface area contributed by atoms with Crippen LogP contribution in [0.1, 0.15) is 30.4 Å². The summed E-state index contributed by atoms with van der Waals surface area (Å²) in [7, 11) is 0. The molecule has 4 rings (SSSR count). The van der Waals surface area contributed by atoms with Crippen LogP contribution in [0, 0.1) is 0 Å². The van der Waals surface area contributed by atoms with E-state index in [1.54, 1.807) is 0 Å². The van der Waals surface area contributed by atoms with Gasteiger partial charge in [-0.1, -0.05) is 29.8 Å². The van der Waals surface area contributed by atoms with Crippen molar-refractivity contribution in [3.63, 3.8) is 0 Å². The Morgan fingerprint density at radius 3 is 2.96 bits per heavy atom. The lowest BCUT2D eigenvalue weighted by molar-refractivity contribution is -0.121. The van der Waals surface area contributed by atoms with Crippen molar-refractivity contribution in [1.82, 2.24) is 10.3 Å². The number of carbonyl (C=O) groups excluding carboxylic acids is 1. The van der Waals surface area contributed by atoms with E-state index in [1.165, 1.54) is 10.9 Å². The number of aromatic nitrogens is 1. The molecule has 2 N–H and O–H groups in total. The highest BCUT2D eigenvalue weighted by Gasteiger charge is 2.16. The van der Waals surface area contributed by atoms with Crippen molar-refractivity contribution in [3.05, 3.63) is 58.7 Å².